The van der Waals surface area contributed by atoms with Gasteiger partial charge in [-0.1, -0.05) is 13.8 Å². The van der Waals surface area contributed by atoms with Gasteiger partial charge in [0.25, 0.3) is 5.91 Å². The van der Waals surface area contributed by atoms with Crippen molar-refractivity contribution in [3.05, 3.63) is 17.5 Å². The minimum absolute atomic E-state index is 0.00183. The molecule has 1 aromatic heterocycles. The van der Waals surface area contributed by atoms with Crippen molar-refractivity contribution in [1.82, 2.24) is 14.9 Å². The zero-order chi connectivity index (χ0) is 15.6. The van der Waals surface area contributed by atoms with E-state index in [4.69, 9.17) is 5.73 Å². The van der Waals surface area contributed by atoms with Crippen molar-refractivity contribution in [3.63, 3.8) is 0 Å². The summed E-state index contributed by atoms with van der Waals surface area (Å²) >= 11 is 0. The van der Waals surface area contributed by atoms with Crippen LogP contribution < -0.4 is 5.73 Å². The minimum Gasteiger partial charge on any atom is -0.368 e. The van der Waals surface area contributed by atoms with Crippen LogP contribution in [0.25, 0.3) is 0 Å². The minimum atomic E-state index is -3.01. The first-order valence-corrected chi connectivity index (χ1v) is 8.72. The quantitative estimate of drug-likeness (QED) is 0.850. The Morgan fingerprint density at radius 3 is 2.52 bits per heavy atom. The van der Waals surface area contributed by atoms with Crippen molar-refractivity contribution >= 4 is 21.7 Å². The van der Waals surface area contributed by atoms with Crippen LogP contribution in [-0.4, -0.2) is 53.8 Å². The summed E-state index contributed by atoms with van der Waals surface area (Å²) in [5.41, 5.74) is 6.62. The maximum atomic E-state index is 12.4. The molecule has 0 atom stereocenters. The number of hydrogen-bond donors (Lipinski definition) is 1. The van der Waals surface area contributed by atoms with Crippen LogP contribution in [0.2, 0.25) is 0 Å². The first-order chi connectivity index (χ1) is 9.77. The number of anilines is 1. The summed E-state index contributed by atoms with van der Waals surface area (Å²) in [7, 11) is -3.01. The van der Waals surface area contributed by atoms with Crippen LogP contribution in [0.4, 0.5) is 5.95 Å². The zero-order valence-corrected chi connectivity index (χ0v) is 13.1. The maximum Gasteiger partial charge on any atom is 0.272 e. The number of sulfone groups is 1. The number of amides is 1. The summed E-state index contributed by atoms with van der Waals surface area (Å²) in [4.78, 5) is 22.0. The average molecular weight is 312 g/mol. The molecule has 0 aliphatic carbocycles. The monoisotopic (exact) mass is 312 g/mol. The molecule has 7 nitrogen and oxygen atoms in total. The number of rotatable bonds is 3. The first-order valence-electron chi connectivity index (χ1n) is 6.90. The molecule has 2 rings (SSSR count). The van der Waals surface area contributed by atoms with Gasteiger partial charge in [0.05, 0.1) is 11.5 Å². The third-order valence-electron chi connectivity index (χ3n) is 3.26. The third-order valence-corrected chi connectivity index (χ3v) is 4.87. The molecule has 1 aliphatic rings. The normalized spacial score (nSPS) is 18.0. The number of aromatic nitrogens is 2. The van der Waals surface area contributed by atoms with Crippen molar-refractivity contribution in [3.8, 4) is 0 Å². The molecular formula is C13H20N4O3S. The number of hydrogen-bond acceptors (Lipinski definition) is 6. The van der Waals surface area contributed by atoms with Gasteiger partial charge < -0.3 is 10.6 Å². The van der Waals surface area contributed by atoms with Crippen molar-refractivity contribution in [2.24, 2.45) is 5.92 Å². The molecule has 0 saturated carbocycles. The summed E-state index contributed by atoms with van der Waals surface area (Å²) in [6.07, 6.45) is 0.710. The molecule has 116 valence electrons. The van der Waals surface area contributed by atoms with Crippen LogP contribution in [0, 0.1) is 5.92 Å². The highest BCUT2D eigenvalue weighted by atomic mass is 32.2. The molecule has 1 amide bonds. The van der Waals surface area contributed by atoms with Crippen molar-refractivity contribution < 1.29 is 13.2 Å². The number of nitrogens with two attached hydrogens (primary N) is 1. The van der Waals surface area contributed by atoms with E-state index in [-0.39, 0.29) is 42.1 Å². The highest BCUT2D eigenvalue weighted by molar-refractivity contribution is 7.91. The Kier molecular flexibility index (Phi) is 4.46. The van der Waals surface area contributed by atoms with Crippen molar-refractivity contribution in [2.75, 3.05) is 30.3 Å². The van der Waals surface area contributed by atoms with Crippen LogP contribution in [0.15, 0.2) is 6.07 Å². The predicted molar refractivity (Wildman–Crippen MR) is 79.5 cm³/mol. The number of carbonyl (C=O) groups excluding carboxylic acids is 1. The Labute approximate surface area is 124 Å². The molecule has 1 fully saturated rings. The topological polar surface area (TPSA) is 106 Å². The number of nitrogens with zero attached hydrogens (tertiary/aromatic N) is 3. The van der Waals surface area contributed by atoms with Gasteiger partial charge in [-0.25, -0.2) is 18.4 Å². The third kappa shape index (κ3) is 4.13. The number of carbonyl (C=O) groups is 1. The van der Waals surface area contributed by atoms with Crippen LogP contribution in [0.3, 0.4) is 0 Å². The largest absolute Gasteiger partial charge is 0.368 e. The zero-order valence-electron chi connectivity index (χ0n) is 12.2. The molecule has 8 heteroatoms. The molecule has 0 unspecified atom stereocenters. The van der Waals surface area contributed by atoms with Crippen LogP contribution in [-0.2, 0) is 16.3 Å². The lowest BCUT2D eigenvalue weighted by atomic mass is 10.1. The molecule has 1 aromatic rings. The molecule has 0 aromatic carbocycles. The van der Waals surface area contributed by atoms with E-state index >= 15 is 0 Å². The van der Waals surface area contributed by atoms with Crippen LogP contribution >= 0.6 is 0 Å². The summed E-state index contributed by atoms with van der Waals surface area (Å²) in [5, 5.41) is 0. The predicted octanol–water partition coefficient (Wildman–Crippen LogP) is 0.128. The fraction of sp³-hybridized carbons (Fsp3) is 0.615. The van der Waals surface area contributed by atoms with Crippen LogP contribution in [0.1, 0.15) is 30.0 Å². The van der Waals surface area contributed by atoms with Gasteiger partial charge in [0.15, 0.2) is 9.84 Å². The lowest BCUT2D eigenvalue weighted by molar-refractivity contribution is 0.0764. The molecule has 2 heterocycles. The van der Waals surface area contributed by atoms with E-state index in [9.17, 15) is 13.2 Å². The van der Waals surface area contributed by atoms with Gasteiger partial charge in [0, 0.05) is 18.8 Å². The van der Waals surface area contributed by atoms with Gasteiger partial charge in [-0.2, -0.15) is 0 Å². The van der Waals surface area contributed by atoms with E-state index in [1.54, 1.807) is 6.07 Å². The number of nitrogen functional groups attached to an aromatic ring is 1. The van der Waals surface area contributed by atoms with E-state index in [1.807, 2.05) is 0 Å². The SMILES string of the molecule is CC(C)Cc1cc(C(=O)N2CCS(=O)(=O)CC2)nc(N)n1. The van der Waals surface area contributed by atoms with E-state index in [2.05, 4.69) is 23.8 Å². The molecule has 0 bridgehead atoms. The van der Waals surface area contributed by atoms with E-state index in [0.717, 1.165) is 5.69 Å². The van der Waals surface area contributed by atoms with Crippen molar-refractivity contribution in [2.45, 2.75) is 20.3 Å². The molecule has 21 heavy (non-hydrogen) atoms. The lowest BCUT2D eigenvalue weighted by Crippen LogP contribution is -2.44. The maximum absolute atomic E-state index is 12.4. The average Bonchev–Trinajstić information content (AvgIpc) is 2.36. The fourth-order valence-corrected chi connectivity index (χ4v) is 3.43. The second-order valence-corrected chi connectivity index (χ2v) is 7.95. The first kappa shape index (κ1) is 15.7. The standard InChI is InChI=1S/C13H20N4O3S/c1-9(2)7-10-8-11(16-13(14)15-10)12(18)17-3-5-21(19,20)6-4-17/h8-9H,3-7H2,1-2H3,(H2,14,15,16). The van der Waals surface area contributed by atoms with E-state index in [0.29, 0.717) is 12.3 Å². The van der Waals surface area contributed by atoms with Gasteiger partial charge in [-0.05, 0) is 18.4 Å². The van der Waals surface area contributed by atoms with Gasteiger partial charge in [-0.15, -0.1) is 0 Å². The second-order valence-electron chi connectivity index (χ2n) is 5.64. The smallest absolute Gasteiger partial charge is 0.272 e. The van der Waals surface area contributed by atoms with Gasteiger partial charge in [0.1, 0.15) is 5.69 Å². The highest BCUT2D eigenvalue weighted by Crippen LogP contribution is 2.13. The summed E-state index contributed by atoms with van der Waals surface area (Å²) in [6, 6.07) is 1.64. The Morgan fingerprint density at radius 2 is 1.95 bits per heavy atom. The Balaban J connectivity index is 2.17. The van der Waals surface area contributed by atoms with E-state index in [1.165, 1.54) is 4.90 Å². The Bertz CT molecular complexity index is 629. The van der Waals surface area contributed by atoms with Gasteiger partial charge in [0.2, 0.25) is 5.95 Å². The van der Waals surface area contributed by atoms with Gasteiger partial charge in [-0.3, -0.25) is 4.79 Å². The lowest BCUT2D eigenvalue weighted by Gasteiger charge is -2.26. The molecular weight excluding hydrogens is 292 g/mol. The second kappa shape index (κ2) is 5.97. The van der Waals surface area contributed by atoms with Crippen molar-refractivity contribution in [1.29, 1.82) is 0 Å². The Morgan fingerprint density at radius 1 is 1.33 bits per heavy atom. The van der Waals surface area contributed by atoms with Crippen LogP contribution in [0.5, 0.6) is 0 Å². The van der Waals surface area contributed by atoms with E-state index < -0.39 is 9.84 Å². The fourth-order valence-electron chi connectivity index (χ4n) is 2.23. The molecule has 0 spiro atoms. The molecule has 1 saturated heterocycles. The summed E-state index contributed by atoms with van der Waals surface area (Å²) < 4.78 is 22.8. The Hall–Kier alpha value is -1.70. The molecule has 0 radical (unpaired) electrons. The molecule has 2 N–H and O–H groups in total. The van der Waals surface area contributed by atoms with Gasteiger partial charge >= 0.3 is 0 Å². The summed E-state index contributed by atoms with van der Waals surface area (Å²) in [5.74, 6) is 0.170. The molecule has 1 aliphatic heterocycles. The highest BCUT2D eigenvalue weighted by Gasteiger charge is 2.26. The summed E-state index contributed by atoms with van der Waals surface area (Å²) in [6.45, 7) is 4.50.